The van der Waals surface area contributed by atoms with E-state index in [1.807, 2.05) is 24.3 Å². The Bertz CT molecular complexity index is 407. The lowest BCUT2D eigenvalue weighted by molar-refractivity contribution is 0.0190. The molecule has 19 heavy (non-hydrogen) atoms. The molecule has 0 aliphatic carbocycles. The number of benzene rings is 1. The van der Waals surface area contributed by atoms with Crippen molar-refractivity contribution in [3.63, 3.8) is 0 Å². The van der Waals surface area contributed by atoms with Crippen LogP contribution in [0.1, 0.15) is 38.2 Å². The monoisotopic (exact) mass is 263 g/mol. The maximum absolute atomic E-state index is 11.0. The third-order valence-corrected chi connectivity index (χ3v) is 4.05. The highest BCUT2D eigenvalue weighted by Crippen LogP contribution is 2.37. The zero-order chi connectivity index (χ0) is 13.7. The molecular formula is C16H25NO2. The first-order chi connectivity index (χ1) is 9.19. The summed E-state index contributed by atoms with van der Waals surface area (Å²) in [5.41, 5.74) is 0.200. The van der Waals surface area contributed by atoms with Crippen molar-refractivity contribution in [3.8, 4) is 5.75 Å². The fourth-order valence-electron chi connectivity index (χ4n) is 3.01. The molecule has 0 saturated carbocycles. The summed E-state index contributed by atoms with van der Waals surface area (Å²) in [6.45, 7) is 5.38. The predicted molar refractivity (Wildman–Crippen MR) is 77.5 cm³/mol. The highest BCUT2D eigenvalue weighted by Gasteiger charge is 2.33. The van der Waals surface area contributed by atoms with Crippen molar-refractivity contribution in [3.05, 3.63) is 29.8 Å². The third-order valence-electron chi connectivity index (χ3n) is 4.05. The Morgan fingerprint density at radius 1 is 1.26 bits per heavy atom. The molecule has 1 heterocycles. The number of para-hydroxylation sites is 1. The molecule has 2 rings (SSSR count). The van der Waals surface area contributed by atoms with Gasteiger partial charge in [-0.1, -0.05) is 25.1 Å². The molecule has 106 valence electrons. The van der Waals surface area contributed by atoms with Gasteiger partial charge in [0.05, 0.1) is 12.7 Å². The quantitative estimate of drug-likeness (QED) is 0.906. The molecule has 1 aliphatic heterocycles. The van der Waals surface area contributed by atoms with Gasteiger partial charge in [0.15, 0.2) is 0 Å². The molecule has 1 atom stereocenters. The van der Waals surface area contributed by atoms with Crippen molar-refractivity contribution in [2.75, 3.05) is 26.7 Å². The van der Waals surface area contributed by atoms with Gasteiger partial charge in [-0.15, -0.1) is 0 Å². The SMILES string of the molecule is CCCN1CCCC(O)(c2ccccc2OC)CC1. The molecule has 0 aromatic heterocycles. The van der Waals surface area contributed by atoms with Gasteiger partial charge in [-0.25, -0.2) is 0 Å². The number of nitrogens with zero attached hydrogens (tertiary/aromatic N) is 1. The van der Waals surface area contributed by atoms with Gasteiger partial charge in [-0.2, -0.15) is 0 Å². The number of ether oxygens (including phenoxy) is 1. The molecule has 0 radical (unpaired) electrons. The average molecular weight is 263 g/mol. The van der Waals surface area contributed by atoms with Crippen LogP contribution in [0.15, 0.2) is 24.3 Å². The summed E-state index contributed by atoms with van der Waals surface area (Å²) in [7, 11) is 1.67. The number of likely N-dealkylation sites (tertiary alicyclic amines) is 1. The fourth-order valence-corrected chi connectivity index (χ4v) is 3.01. The Morgan fingerprint density at radius 3 is 2.79 bits per heavy atom. The minimum Gasteiger partial charge on any atom is -0.496 e. The van der Waals surface area contributed by atoms with Crippen LogP contribution < -0.4 is 4.74 Å². The van der Waals surface area contributed by atoms with E-state index < -0.39 is 5.60 Å². The van der Waals surface area contributed by atoms with Crippen molar-refractivity contribution >= 4 is 0 Å². The van der Waals surface area contributed by atoms with Gasteiger partial charge < -0.3 is 14.7 Å². The number of aliphatic hydroxyl groups is 1. The minimum atomic E-state index is -0.741. The second kappa shape index (κ2) is 6.40. The van der Waals surface area contributed by atoms with Crippen LogP contribution in [0.2, 0.25) is 0 Å². The molecule has 3 nitrogen and oxygen atoms in total. The summed E-state index contributed by atoms with van der Waals surface area (Å²) in [6.07, 6.45) is 3.81. The molecule has 0 amide bonds. The fraction of sp³-hybridized carbons (Fsp3) is 0.625. The molecule has 1 saturated heterocycles. The van der Waals surface area contributed by atoms with Crippen molar-refractivity contribution in [1.82, 2.24) is 4.90 Å². The van der Waals surface area contributed by atoms with E-state index in [9.17, 15) is 5.11 Å². The van der Waals surface area contributed by atoms with Gasteiger partial charge in [0, 0.05) is 12.1 Å². The predicted octanol–water partition coefficient (Wildman–Crippen LogP) is 2.78. The molecule has 1 N–H and O–H groups in total. The molecular weight excluding hydrogens is 238 g/mol. The summed E-state index contributed by atoms with van der Waals surface area (Å²) < 4.78 is 5.41. The summed E-state index contributed by atoms with van der Waals surface area (Å²) in [4.78, 5) is 2.45. The number of hydrogen-bond acceptors (Lipinski definition) is 3. The van der Waals surface area contributed by atoms with Crippen molar-refractivity contribution in [2.45, 2.75) is 38.2 Å². The first-order valence-electron chi connectivity index (χ1n) is 7.28. The minimum absolute atomic E-state index is 0.741. The summed E-state index contributed by atoms with van der Waals surface area (Å²) in [5.74, 6) is 0.800. The summed E-state index contributed by atoms with van der Waals surface area (Å²) in [6, 6.07) is 7.85. The van der Waals surface area contributed by atoms with Crippen LogP contribution in [-0.4, -0.2) is 36.8 Å². The smallest absolute Gasteiger partial charge is 0.124 e. The maximum atomic E-state index is 11.0. The second-order valence-corrected chi connectivity index (χ2v) is 5.43. The Balaban J connectivity index is 2.18. The van der Waals surface area contributed by atoms with Crippen LogP contribution in [0, 0.1) is 0 Å². The molecule has 1 aromatic rings. The van der Waals surface area contributed by atoms with Crippen LogP contribution in [0.25, 0.3) is 0 Å². The Labute approximate surface area is 116 Å². The van der Waals surface area contributed by atoms with E-state index in [0.29, 0.717) is 0 Å². The van der Waals surface area contributed by atoms with Crippen LogP contribution in [0.5, 0.6) is 5.75 Å². The van der Waals surface area contributed by atoms with Crippen LogP contribution in [0.4, 0.5) is 0 Å². The van der Waals surface area contributed by atoms with Gasteiger partial charge in [-0.3, -0.25) is 0 Å². The third kappa shape index (κ3) is 3.28. The Morgan fingerprint density at radius 2 is 2.05 bits per heavy atom. The molecule has 1 unspecified atom stereocenters. The van der Waals surface area contributed by atoms with Gasteiger partial charge in [-0.05, 0) is 44.8 Å². The van der Waals surface area contributed by atoms with E-state index in [1.165, 1.54) is 6.42 Å². The normalized spacial score (nSPS) is 25.0. The maximum Gasteiger partial charge on any atom is 0.124 e. The number of methoxy groups -OCH3 is 1. The lowest BCUT2D eigenvalue weighted by Crippen LogP contribution is -2.30. The van der Waals surface area contributed by atoms with E-state index in [0.717, 1.165) is 50.2 Å². The first-order valence-corrected chi connectivity index (χ1v) is 7.28. The Kier molecular flexibility index (Phi) is 4.83. The molecule has 1 aliphatic rings. The van der Waals surface area contributed by atoms with E-state index in [4.69, 9.17) is 4.74 Å². The zero-order valence-corrected chi connectivity index (χ0v) is 12.1. The van der Waals surface area contributed by atoms with Crippen molar-refractivity contribution < 1.29 is 9.84 Å². The van der Waals surface area contributed by atoms with Crippen LogP contribution >= 0.6 is 0 Å². The van der Waals surface area contributed by atoms with Gasteiger partial charge in [0.25, 0.3) is 0 Å². The van der Waals surface area contributed by atoms with Gasteiger partial charge >= 0.3 is 0 Å². The highest BCUT2D eigenvalue weighted by atomic mass is 16.5. The molecule has 0 bridgehead atoms. The Hall–Kier alpha value is -1.06. The van der Waals surface area contributed by atoms with Gasteiger partial charge in [0.2, 0.25) is 0 Å². The van der Waals surface area contributed by atoms with Crippen molar-refractivity contribution in [1.29, 1.82) is 0 Å². The van der Waals surface area contributed by atoms with Crippen LogP contribution in [0.3, 0.4) is 0 Å². The zero-order valence-electron chi connectivity index (χ0n) is 12.1. The first kappa shape index (κ1) is 14.4. The molecule has 0 spiro atoms. The number of rotatable bonds is 4. The largest absolute Gasteiger partial charge is 0.496 e. The average Bonchev–Trinajstić information content (AvgIpc) is 2.63. The molecule has 1 fully saturated rings. The van der Waals surface area contributed by atoms with E-state index >= 15 is 0 Å². The van der Waals surface area contributed by atoms with Crippen LogP contribution in [-0.2, 0) is 5.60 Å². The van der Waals surface area contributed by atoms with E-state index in [1.54, 1.807) is 7.11 Å². The highest BCUT2D eigenvalue weighted by molar-refractivity contribution is 5.38. The number of hydrogen-bond donors (Lipinski definition) is 1. The second-order valence-electron chi connectivity index (χ2n) is 5.43. The molecule has 1 aromatic carbocycles. The van der Waals surface area contributed by atoms with E-state index in [-0.39, 0.29) is 0 Å². The lowest BCUT2D eigenvalue weighted by atomic mass is 9.86. The van der Waals surface area contributed by atoms with Gasteiger partial charge in [0.1, 0.15) is 5.75 Å². The summed E-state index contributed by atoms with van der Waals surface area (Å²) in [5, 5.41) is 11.0. The topological polar surface area (TPSA) is 32.7 Å². The summed E-state index contributed by atoms with van der Waals surface area (Å²) >= 11 is 0. The van der Waals surface area contributed by atoms with Crippen molar-refractivity contribution in [2.24, 2.45) is 0 Å². The lowest BCUT2D eigenvalue weighted by Gasteiger charge is -2.29. The van der Waals surface area contributed by atoms with E-state index in [2.05, 4.69) is 11.8 Å². The molecule has 3 heteroatoms. The standard InChI is InChI=1S/C16H25NO2/c1-3-11-17-12-6-9-16(18,10-13-17)14-7-4-5-8-15(14)19-2/h4-5,7-8,18H,3,6,9-13H2,1-2H3.